The second-order valence-corrected chi connectivity index (χ2v) is 9.15. The maximum atomic E-state index is 13.6. The number of piperazine rings is 1. The molecule has 0 aliphatic carbocycles. The predicted molar refractivity (Wildman–Crippen MR) is 132 cm³/mol. The topological polar surface area (TPSA) is 79.4 Å². The Kier molecular flexibility index (Phi) is 7.58. The molecule has 0 N–H and O–H groups in total. The van der Waals surface area contributed by atoms with Crippen molar-refractivity contribution >= 4 is 17.7 Å². The molecular weight excluding hydrogens is 446 g/mol. The van der Waals surface area contributed by atoms with Crippen LogP contribution in [0.2, 0.25) is 0 Å². The zero-order valence-corrected chi connectivity index (χ0v) is 20.6. The number of methoxy groups -OCH3 is 2. The highest BCUT2D eigenvalue weighted by molar-refractivity contribution is 5.95. The van der Waals surface area contributed by atoms with Gasteiger partial charge in [0.2, 0.25) is 11.8 Å². The van der Waals surface area contributed by atoms with Gasteiger partial charge in [-0.05, 0) is 30.2 Å². The van der Waals surface area contributed by atoms with Crippen LogP contribution >= 0.6 is 0 Å². The van der Waals surface area contributed by atoms with Crippen molar-refractivity contribution in [1.29, 1.82) is 0 Å². The van der Waals surface area contributed by atoms with Gasteiger partial charge in [-0.3, -0.25) is 14.4 Å². The Bertz CT molecular complexity index is 1070. The van der Waals surface area contributed by atoms with Crippen molar-refractivity contribution in [2.45, 2.75) is 19.3 Å². The molecule has 8 nitrogen and oxygen atoms in total. The van der Waals surface area contributed by atoms with Crippen LogP contribution in [0.3, 0.4) is 0 Å². The van der Waals surface area contributed by atoms with Crippen molar-refractivity contribution in [2.24, 2.45) is 5.92 Å². The van der Waals surface area contributed by atoms with Gasteiger partial charge in [-0.25, -0.2) is 0 Å². The molecule has 2 atom stereocenters. The van der Waals surface area contributed by atoms with Crippen molar-refractivity contribution < 1.29 is 23.9 Å². The van der Waals surface area contributed by atoms with Crippen LogP contribution < -0.4 is 9.47 Å². The highest BCUT2D eigenvalue weighted by Crippen LogP contribution is 2.34. The molecule has 2 aliphatic rings. The minimum absolute atomic E-state index is 0.0330. The zero-order valence-electron chi connectivity index (χ0n) is 20.6. The van der Waals surface area contributed by atoms with E-state index in [2.05, 4.69) is 12.1 Å². The van der Waals surface area contributed by atoms with Gasteiger partial charge in [0.05, 0.1) is 20.1 Å². The minimum atomic E-state index is -0.304. The van der Waals surface area contributed by atoms with E-state index < -0.39 is 0 Å². The largest absolute Gasteiger partial charge is 0.493 e. The van der Waals surface area contributed by atoms with Crippen LogP contribution in [0.4, 0.5) is 0 Å². The summed E-state index contributed by atoms with van der Waals surface area (Å²) in [5, 5.41) is 0. The fourth-order valence-electron chi connectivity index (χ4n) is 5.06. The summed E-state index contributed by atoms with van der Waals surface area (Å²) in [5.74, 6) is 0.757. The molecule has 2 unspecified atom stereocenters. The Morgan fingerprint density at radius 2 is 1.46 bits per heavy atom. The maximum Gasteiger partial charge on any atom is 0.254 e. The number of nitrogens with zero attached hydrogens (tertiary/aromatic N) is 3. The van der Waals surface area contributed by atoms with E-state index in [-0.39, 0.29) is 29.6 Å². The van der Waals surface area contributed by atoms with Crippen LogP contribution in [0.5, 0.6) is 11.5 Å². The predicted octanol–water partition coefficient (Wildman–Crippen LogP) is 2.64. The molecule has 2 aromatic carbocycles. The van der Waals surface area contributed by atoms with Gasteiger partial charge in [0.25, 0.3) is 5.91 Å². The third kappa shape index (κ3) is 5.42. The Balaban J connectivity index is 1.56. The van der Waals surface area contributed by atoms with E-state index in [0.717, 1.165) is 5.56 Å². The normalized spacial score (nSPS) is 20.4. The lowest BCUT2D eigenvalue weighted by Crippen LogP contribution is -2.54. The van der Waals surface area contributed by atoms with Gasteiger partial charge in [0.1, 0.15) is 0 Å². The standard InChI is InChI=1S/C27H33N3O5/c1-19(31)28-11-13-29(14-12-28)27(33)23-15-22(20-7-5-4-6-8-20)17-30(18-23)26(32)21-9-10-24(34-2)25(16-21)35-3/h4-10,16,22-23H,11-15,17-18H2,1-3H3. The average Bonchev–Trinajstić information content (AvgIpc) is 2.92. The average molecular weight is 480 g/mol. The van der Waals surface area contributed by atoms with Crippen LogP contribution in [0.1, 0.15) is 35.2 Å². The quantitative estimate of drug-likeness (QED) is 0.659. The molecule has 0 spiro atoms. The summed E-state index contributed by atoms with van der Waals surface area (Å²) < 4.78 is 10.7. The lowest BCUT2D eigenvalue weighted by Gasteiger charge is -2.41. The van der Waals surface area contributed by atoms with Gasteiger partial charge in [-0.2, -0.15) is 0 Å². The lowest BCUT2D eigenvalue weighted by atomic mass is 9.83. The molecule has 0 saturated carbocycles. The molecule has 2 saturated heterocycles. The molecule has 8 heteroatoms. The first-order valence-corrected chi connectivity index (χ1v) is 12.0. The first kappa shape index (κ1) is 24.6. The van der Waals surface area contributed by atoms with E-state index in [0.29, 0.717) is 62.8 Å². The van der Waals surface area contributed by atoms with Gasteiger partial charge in [-0.1, -0.05) is 30.3 Å². The number of carbonyl (C=O) groups excluding carboxylic acids is 3. The van der Waals surface area contributed by atoms with E-state index >= 15 is 0 Å². The van der Waals surface area contributed by atoms with Crippen molar-refractivity contribution in [3.63, 3.8) is 0 Å². The van der Waals surface area contributed by atoms with Gasteiger partial charge in [-0.15, -0.1) is 0 Å². The van der Waals surface area contributed by atoms with Gasteiger partial charge in [0, 0.05) is 57.7 Å². The van der Waals surface area contributed by atoms with Crippen molar-refractivity contribution in [3.8, 4) is 11.5 Å². The Hall–Kier alpha value is -3.55. The molecule has 3 amide bonds. The van der Waals surface area contributed by atoms with E-state index in [1.165, 1.54) is 0 Å². The minimum Gasteiger partial charge on any atom is -0.493 e. The molecule has 2 heterocycles. The Morgan fingerprint density at radius 3 is 2.09 bits per heavy atom. The molecule has 0 radical (unpaired) electrons. The molecule has 2 fully saturated rings. The number of piperidine rings is 1. The summed E-state index contributed by atoms with van der Waals surface area (Å²) in [6, 6.07) is 15.2. The summed E-state index contributed by atoms with van der Waals surface area (Å²) in [4.78, 5) is 44.2. The Morgan fingerprint density at radius 1 is 0.800 bits per heavy atom. The number of likely N-dealkylation sites (tertiary alicyclic amines) is 1. The molecule has 2 aliphatic heterocycles. The lowest BCUT2D eigenvalue weighted by molar-refractivity contribution is -0.142. The van der Waals surface area contributed by atoms with Crippen LogP contribution in [0.25, 0.3) is 0 Å². The third-order valence-corrected chi connectivity index (χ3v) is 7.03. The van der Waals surface area contributed by atoms with E-state index in [4.69, 9.17) is 9.47 Å². The zero-order chi connectivity index (χ0) is 24.9. The SMILES string of the molecule is COc1ccc(C(=O)N2CC(C(=O)N3CCN(C(C)=O)CC3)CC(c3ccccc3)C2)cc1OC. The maximum absolute atomic E-state index is 13.6. The molecular formula is C27H33N3O5. The third-order valence-electron chi connectivity index (χ3n) is 7.03. The van der Waals surface area contributed by atoms with E-state index in [1.807, 2.05) is 23.1 Å². The number of rotatable bonds is 5. The second-order valence-electron chi connectivity index (χ2n) is 9.15. The van der Waals surface area contributed by atoms with Gasteiger partial charge < -0.3 is 24.2 Å². The van der Waals surface area contributed by atoms with Crippen LogP contribution in [0, 0.1) is 5.92 Å². The van der Waals surface area contributed by atoms with Crippen molar-refractivity contribution in [2.75, 3.05) is 53.5 Å². The molecule has 4 rings (SSSR count). The summed E-state index contributed by atoms with van der Waals surface area (Å²) in [6.07, 6.45) is 0.686. The second kappa shape index (κ2) is 10.8. The number of carbonyl (C=O) groups is 3. The highest BCUT2D eigenvalue weighted by atomic mass is 16.5. The summed E-state index contributed by atoms with van der Waals surface area (Å²) in [5.41, 5.74) is 1.62. The highest BCUT2D eigenvalue weighted by Gasteiger charge is 2.37. The summed E-state index contributed by atoms with van der Waals surface area (Å²) >= 11 is 0. The molecule has 0 bridgehead atoms. The van der Waals surface area contributed by atoms with Gasteiger partial charge in [0.15, 0.2) is 11.5 Å². The summed E-state index contributed by atoms with van der Waals surface area (Å²) in [7, 11) is 3.10. The van der Waals surface area contributed by atoms with Crippen LogP contribution in [-0.4, -0.2) is 85.9 Å². The fourth-order valence-corrected chi connectivity index (χ4v) is 5.06. The first-order valence-electron chi connectivity index (χ1n) is 12.0. The van der Waals surface area contributed by atoms with Crippen molar-refractivity contribution in [3.05, 3.63) is 59.7 Å². The summed E-state index contributed by atoms with van der Waals surface area (Å²) in [6.45, 7) is 4.60. The van der Waals surface area contributed by atoms with Crippen molar-refractivity contribution in [1.82, 2.24) is 14.7 Å². The number of hydrogen-bond acceptors (Lipinski definition) is 5. The van der Waals surface area contributed by atoms with E-state index in [9.17, 15) is 14.4 Å². The number of ether oxygens (including phenoxy) is 2. The molecule has 2 aromatic rings. The smallest absolute Gasteiger partial charge is 0.254 e. The van der Waals surface area contributed by atoms with Crippen LogP contribution in [-0.2, 0) is 9.59 Å². The number of amides is 3. The molecule has 0 aromatic heterocycles. The molecule has 186 valence electrons. The Labute approximate surface area is 206 Å². The number of hydrogen-bond donors (Lipinski definition) is 0. The monoisotopic (exact) mass is 479 g/mol. The molecule has 35 heavy (non-hydrogen) atoms. The number of benzene rings is 2. The van der Waals surface area contributed by atoms with E-state index in [1.54, 1.807) is 49.1 Å². The van der Waals surface area contributed by atoms with Crippen LogP contribution in [0.15, 0.2) is 48.5 Å². The fraction of sp³-hybridized carbons (Fsp3) is 0.444. The van der Waals surface area contributed by atoms with Gasteiger partial charge >= 0.3 is 0 Å². The first-order chi connectivity index (χ1) is 16.9.